The zero-order valence-corrected chi connectivity index (χ0v) is 13.2. The van der Waals surface area contributed by atoms with Gasteiger partial charge in [-0.1, -0.05) is 35.5 Å². The second-order valence-electron chi connectivity index (χ2n) is 5.97. The van der Waals surface area contributed by atoms with Crippen LogP contribution in [0.4, 0.5) is 18.9 Å². The van der Waals surface area contributed by atoms with Crippen molar-refractivity contribution in [3.05, 3.63) is 71.5 Å². The SMILES string of the molecule is FC(F)(F)c1ccccc1-n1cc(CN2CCc3ccccc32)nn1. The van der Waals surface area contributed by atoms with Gasteiger partial charge in [-0.3, -0.25) is 0 Å². The van der Waals surface area contributed by atoms with E-state index in [0.29, 0.717) is 12.2 Å². The summed E-state index contributed by atoms with van der Waals surface area (Å²) in [5.74, 6) is 0. The number of para-hydroxylation sites is 2. The fraction of sp³-hybridized carbons (Fsp3) is 0.222. The number of hydrogen-bond donors (Lipinski definition) is 0. The fourth-order valence-electron chi connectivity index (χ4n) is 3.17. The zero-order valence-electron chi connectivity index (χ0n) is 13.2. The van der Waals surface area contributed by atoms with Crippen molar-refractivity contribution >= 4 is 5.69 Å². The quantitative estimate of drug-likeness (QED) is 0.724. The van der Waals surface area contributed by atoms with Crippen LogP contribution in [0.1, 0.15) is 16.8 Å². The molecule has 25 heavy (non-hydrogen) atoms. The summed E-state index contributed by atoms with van der Waals surface area (Å²) in [6, 6.07) is 13.5. The molecule has 128 valence electrons. The van der Waals surface area contributed by atoms with Gasteiger partial charge in [-0.05, 0) is 30.2 Å². The van der Waals surface area contributed by atoms with E-state index in [0.717, 1.165) is 24.7 Å². The van der Waals surface area contributed by atoms with Crippen LogP contribution < -0.4 is 4.90 Å². The minimum Gasteiger partial charge on any atom is -0.365 e. The number of halogens is 3. The fourth-order valence-corrected chi connectivity index (χ4v) is 3.17. The van der Waals surface area contributed by atoms with Gasteiger partial charge < -0.3 is 4.90 Å². The third-order valence-electron chi connectivity index (χ3n) is 4.33. The molecule has 3 aromatic rings. The molecule has 4 nitrogen and oxygen atoms in total. The van der Waals surface area contributed by atoms with Crippen molar-refractivity contribution in [3.63, 3.8) is 0 Å². The van der Waals surface area contributed by atoms with Gasteiger partial charge >= 0.3 is 6.18 Å². The molecule has 0 saturated carbocycles. The molecule has 0 fully saturated rings. The number of alkyl halides is 3. The van der Waals surface area contributed by atoms with Crippen LogP contribution in [0.3, 0.4) is 0 Å². The predicted molar refractivity (Wildman–Crippen MR) is 87.6 cm³/mol. The molecular formula is C18H15F3N4. The van der Waals surface area contributed by atoms with Crippen molar-refractivity contribution in [2.75, 3.05) is 11.4 Å². The summed E-state index contributed by atoms with van der Waals surface area (Å²) in [4.78, 5) is 2.17. The largest absolute Gasteiger partial charge is 0.418 e. The maximum absolute atomic E-state index is 13.2. The number of rotatable bonds is 3. The highest BCUT2D eigenvalue weighted by atomic mass is 19.4. The standard InChI is InChI=1S/C18H15F3N4/c19-18(20,21)15-6-2-4-8-17(15)25-12-14(22-23-25)11-24-10-9-13-5-1-3-7-16(13)24/h1-8,12H,9-11H2. The van der Waals surface area contributed by atoms with E-state index in [-0.39, 0.29) is 5.69 Å². The number of anilines is 1. The lowest BCUT2D eigenvalue weighted by molar-refractivity contribution is -0.137. The van der Waals surface area contributed by atoms with Crippen molar-refractivity contribution in [2.45, 2.75) is 19.1 Å². The van der Waals surface area contributed by atoms with Crippen LogP contribution in [0, 0.1) is 0 Å². The molecule has 1 aromatic heterocycles. The first-order chi connectivity index (χ1) is 12.0. The van der Waals surface area contributed by atoms with Gasteiger partial charge in [-0.25, -0.2) is 4.68 Å². The van der Waals surface area contributed by atoms with Crippen molar-refractivity contribution in [1.82, 2.24) is 15.0 Å². The van der Waals surface area contributed by atoms with Gasteiger partial charge in [0.2, 0.25) is 0 Å². The minimum absolute atomic E-state index is 0.0180. The summed E-state index contributed by atoms with van der Waals surface area (Å²) in [5.41, 5.74) is 2.31. The van der Waals surface area contributed by atoms with Crippen molar-refractivity contribution < 1.29 is 13.2 Å². The van der Waals surface area contributed by atoms with E-state index in [2.05, 4.69) is 21.3 Å². The molecule has 0 spiro atoms. The Morgan fingerprint density at radius 2 is 1.68 bits per heavy atom. The average Bonchev–Trinajstić information content (AvgIpc) is 3.22. The van der Waals surface area contributed by atoms with E-state index in [1.165, 1.54) is 22.4 Å². The molecule has 1 aliphatic heterocycles. The number of fused-ring (bicyclic) bond motifs is 1. The highest BCUT2D eigenvalue weighted by molar-refractivity contribution is 5.57. The molecule has 2 aromatic carbocycles. The van der Waals surface area contributed by atoms with Crippen LogP contribution in [0.2, 0.25) is 0 Å². The highest BCUT2D eigenvalue weighted by Gasteiger charge is 2.34. The van der Waals surface area contributed by atoms with E-state index in [1.807, 2.05) is 18.2 Å². The van der Waals surface area contributed by atoms with E-state index < -0.39 is 11.7 Å². The molecule has 4 rings (SSSR count). The molecule has 0 amide bonds. The third-order valence-corrected chi connectivity index (χ3v) is 4.33. The van der Waals surface area contributed by atoms with Gasteiger partial charge in [0.25, 0.3) is 0 Å². The molecule has 0 radical (unpaired) electrons. The Kier molecular flexibility index (Phi) is 3.71. The van der Waals surface area contributed by atoms with Crippen LogP contribution >= 0.6 is 0 Å². The third kappa shape index (κ3) is 2.97. The van der Waals surface area contributed by atoms with Crippen LogP contribution in [-0.4, -0.2) is 21.5 Å². The summed E-state index contributed by atoms with van der Waals surface area (Å²) in [6.07, 6.45) is -1.91. The summed E-state index contributed by atoms with van der Waals surface area (Å²) in [6.45, 7) is 1.39. The summed E-state index contributed by atoms with van der Waals surface area (Å²) >= 11 is 0. The number of nitrogens with zero attached hydrogens (tertiary/aromatic N) is 4. The Morgan fingerprint density at radius 1 is 0.960 bits per heavy atom. The monoisotopic (exact) mass is 344 g/mol. The summed E-state index contributed by atoms with van der Waals surface area (Å²) < 4.78 is 40.7. The van der Waals surface area contributed by atoms with Gasteiger partial charge in [0.1, 0.15) is 5.69 Å². The summed E-state index contributed by atoms with van der Waals surface area (Å²) in [7, 11) is 0. The van der Waals surface area contributed by atoms with Crippen LogP contribution in [0.5, 0.6) is 0 Å². The first-order valence-corrected chi connectivity index (χ1v) is 7.93. The summed E-state index contributed by atoms with van der Waals surface area (Å²) in [5, 5.41) is 7.95. The van der Waals surface area contributed by atoms with Crippen molar-refractivity contribution in [1.29, 1.82) is 0 Å². The zero-order chi connectivity index (χ0) is 17.4. The molecular weight excluding hydrogens is 329 g/mol. The molecule has 0 N–H and O–H groups in total. The van der Waals surface area contributed by atoms with Crippen molar-refractivity contribution in [3.8, 4) is 5.69 Å². The second kappa shape index (κ2) is 5.91. The van der Waals surface area contributed by atoms with Gasteiger partial charge in [0.05, 0.1) is 24.0 Å². The molecule has 0 saturated heterocycles. The van der Waals surface area contributed by atoms with E-state index >= 15 is 0 Å². The normalized spacial score (nSPS) is 14.0. The number of aromatic nitrogens is 3. The lowest BCUT2D eigenvalue weighted by Gasteiger charge is -2.17. The van der Waals surface area contributed by atoms with Gasteiger partial charge in [-0.15, -0.1) is 5.10 Å². The minimum atomic E-state index is -4.43. The van der Waals surface area contributed by atoms with E-state index in [9.17, 15) is 13.2 Å². The van der Waals surface area contributed by atoms with Gasteiger partial charge in [0, 0.05) is 12.2 Å². The van der Waals surface area contributed by atoms with E-state index in [1.54, 1.807) is 12.3 Å². The maximum Gasteiger partial charge on any atom is 0.418 e. The Bertz CT molecular complexity index is 901. The number of hydrogen-bond acceptors (Lipinski definition) is 3. The molecule has 0 atom stereocenters. The van der Waals surface area contributed by atoms with E-state index in [4.69, 9.17) is 0 Å². The van der Waals surface area contributed by atoms with Crippen LogP contribution in [0.25, 0.3) is 5.69 Å². The lowest BCUT2D eigenvalue weighted by Crippen LogP contribution is -2.19. The first-order valence-electron chi connectivity index (χ1n) is 7.93. The molecule has 2 heterocycles. The van der Waals surface area contributed by atoms with Crippen molar-refractivity contribution in [2.24, 2.45) is 0 Å². The smallest absolute Gasteiger partial charge is 0.365 e. The Morgan fingerprint density at radius 3 is 2.48 bits per heavy atom. The maximum atomic E-state index is 13.2. The number of benzene rings is 2. The van der Waals surface area contributed by atoms with Gasteiger partial charge in [-0.2, -0.15) is 13.2 Å². The predicted octanol–water partition coefficient (Wildman–Crippen LogP) is 3.85. The molecule has 0 aliphatic carbocycles. The Hall–Kier alpha value is -2.83. The topological polar surface area (TPSA) is 34.0 Å². The Labute approximate surface area is 142 Å². The average molecular weight is 344 g/mol. The molecule has 7 heteroatoms. The second-order valence-corrected chi connectivity index (χ2v) is 5.97. The van der Waals surface area contributed by atoms with Crippen LogP contribution in [-0.2, 0) is 19.1 Å². The molecule has 0 unspecified atom stereocenters. The molecule has 0 bridgehead atoms. The van der Waals surface area contributed by atoms with Crippen LogP contribution in [0.15, 0.2) is 54.7 Å². The molecule has 1 aliphatic rings. The highest BCUT2D eigenvalue weighted by Crippen LogP contribution is 2.33. The lowest BCUT2D eigenvalue weighted by atomic mass is 10.1. The first kappa shape index (κ1) is 15.7. The Balaban J connectivity index is 1.60. The van der Waals surface area contributed by atoms with Gasteiger partial charge in [0.15, 0.2) is 0 Å².